The second kappa shape index (κ2) is 6.07. The van der Waals surface area contributed by atoms with E-state index in [1.165, 1.54) is 37.1 Å². The van der Waals surface area contributed by atoms with Crippen molar-refractivity contribution in [3.63, 3.8) is 0 Å². The molecule has 1 unspecified atom stereocenters. The third-order valence-electron chi connectivity index (χ3n) is 4.85. The van der Waals surface area contributed by atoms with Crippen LogP contribution in [0.5, 0.6) is 0 Å². The van der Waals surface area contributed by atoms with E-state index in [4.69, 9.17) is 4.74 Å². The lowest BCUT2D eigenvalue weighted by Crippen LogP contribution is -2.51. The lowest BCUT2D eigenvalue weighted by Gasteiger charge is -2.42. The monoisotopic (exact) mass is 288 g/mol. The van der Waals surface area contributed by atoms with Gasteiger partial charge < -0.3 is 10.1 Å². The minimum atomic E-state index is 0.297. The van der Waals surface area contributed by atoms with Crippen molar-refractivity contribution < 1.29 is 4.74 Å². The molecule has 21 heavy (non-hydrogen) atoms. The van der Waals surface area contributed by atoms with Gasteiger partial charge in [0.25, 0.3) is 0 Å². The molecule has 1 aromatic rings. The van der Waals surface area contributed by atoms with Crippen LogP contribution in [0.15, 0.2) is 24.3 Å². The minimum absolute atomic E-state index is 0.297. The Hall–Kier alpha value is -0.900. The van der Waals surface area contributed by atoms with E-state index in [-0.39, 0.29) is 0 Å². The van der Waals surface area contributed by atoms with E-state index in [1.54, 1.807) is 0 Å². The van der Waals surface area contributed by atoms with Crippen LogP contribution >= 0.6 is 0 Å². The number of hydrogen-bond donors (Lipinski definition) is 1. The highest BCUT2D eigenvalue weighted by atomic mass is 16.5. The summed E-state index contributed by atoms with van der Waals surface area (Å²) in [6, 6.07) is 9.66. The number of ether oxygens (including phenoxy) is 1. The van der Waals surface area contributed by atoms with Crippen LogP contribution in [-0.2, 0) is 11.3 Å². The van der Waals surface area contributed by atoms with Crippen molar-refractivity contribution in [2.24, 2.45) is 0 Å². The fraction of sp³-hybridized carbons (Fsp3) is 0.667. The standard InChI is InChI=1S/C18H28N2O/c1-18(2,3)20-10-8-15(9-11-20)19-17-13-21-12-14-6-4-5-7-16(14)17/h4-7,15,17,19H,8-13H2,1-3H3. The summed E-state index contributed by atoms with van der Waals surface area (Å²) < 4.78 is 5.75. The second-order valence-electron chi connectivity index (χ2n) is 7.37. The van der Waals surface area contributed by atoms with Crippen LogP contribution in [0.1, 0.15) is 50.8 Å². The lowest BCUT2D eigenvalue weighted by atomic mass is 9.95. The van der Waals surface area contributed by atoms with Crippen molar-refractivity contribution in [2.45, 2.75) is 57.8 Å². The molecule has 1 aromatic carbocycles. The van der Waals surface area contributed by atoms with Crippen LogP contribution in [0.2, 0.25) is 0 Å². The average molecular weight is 288 g/mol. The molecule has 116 valence electrons. The zero-order valence-electron chi connectivity index (χ0n) is 13.6. The van der Waals surface area contributed by atoms with Gasteiger partial charge in [0.15, 0.2) is 0 Å². The SMILES string of the molecule is CC(C)(C)N1CCC(NC2COCc3ccccc32)CC1. The van der Waals surface area contributed by atoms with E-state index < -0.39 is 0 Å². The Bertz CT molecular complexity index is 472. The molecular formula is C18H28N2O. The molecule has 3 rings (SSSR count). The summed E-state index contributed by atoms with van der Waals surface area (Å²) in [5.74, 6) is 0. The molecular weight excluding hydrogens is 260 g/mol. The summed E-state index contributed by atoms with van der Waals surface area (Å²) in [5, 5.41) is 3.83. The molecule has 0 amide bonds. The van der Waals surface area contributed by atoms with Crippen LogP contribution in [0.25, 0.3) is 0 Å². The maximum Gasteiger partial charge on any atom is 0.0721 e. The van der Waals surface area contributed by atoms with Crippen molar-refractivity contribution in [1.82, 2.24) is 10.2 Å². The first-order valence-corrected chi connectivity index (χ1v) is 8.21. The van der Waals surface area contributed by atoms with E-state index >= 15 is 0 Å². The average Bonchev–Trinajstić information content (AvgIpc) is 2.47. The van der Waals surface area contributed by atoms with E-state index in [9.17, 15) is 0 Å². The first-order valence-electron chi connectivity index (χ1n) is 8.21. The molecule has 0 spiro atoms. The summed E-state index contributed by atoms with van der Waals surface area (Å²) >= 11 is 0. The maximum atomic E-state index is 5.75. The van der Waals surface area contributed by atoms with Crippen molar-refractivity contribution in [2.75, 3.05) is 19.7 Å². The molecule has 1 N–H and O–H groups in total. The highest BCUT2D eigenvalue weighted by Crippen LogP contribution is 2.27. The van der Waals surface area contributed by atoms with Crippen molar-refractivity contribution in [3.05, 3.63) is 35.4 Å². The van der Waals surface area contributed by atoms with E-state index in [0.29, 0.717) is 17.6 Å². The van der Waals surface area contributed by atoms with Gasteiger partial charge in [0, 0.05) is 24.7 Å². The molecule has 2 aliphatic rings. The third-order valence-corrected chi connectivity index (χ3v) is 4.85. The fourth-order valence-corrected chi connectivity index (χ4v) is 3.52. The molecule has 1 saturated heterocycles. The zero-order valence-corrected chi connectivity index (χ0v) is 13.6. The number of hydrogen-bond acceptors (Lipinski definition) is 3. The first kappa shape index (κ1) is 15.0. The Labute approximate surface area is 128 Å². The third kappa shape index (κ3) is 3.47. The summed E-state index contributed by atoms with van der Waals surface area (Å²) in [5.41, 5.74) is 3.07. The summed E-state index contributed by atoms with van der Waals surface area (Å²) in [6.45, 7) is 10.9. The Morgan fingerprint density at radius 1 is 1.14 bits per heavy atom. The van der Waals surface area contributed by atoms with Gasteiger partial charge in [-0.1, -0.05) is 24.3 Å². The molecule has 2 aliphatic heterocycles. The van der Waals surface area contributed by atoms with Crippen LogP contribution in [-0.4, -0.2) is 36.2 Å². The Morgan fingerprint density at radius 3 is 2.57 bits per heavy atom. The Kier molecular flexibility index (Phi) is 4.34. The number of likely N-dealkylation sites (tertiary alicyclic amines) is 1. The van der Waals surface area contributed by atoms with Gasteiger partial charge in [0.05, 0.1) is 19.3 Å². The van der Waals surface area contributed by atoms with Gasteiger partial charge in [-0.05, 0) is 44.7 Å². The largest absolute Gasteiger partial charge is 0.375 e. The fourth-order valence-electron chi connectivity index (χ4n) is 3.52. The number of nitrogens with one attached hydrogen (secondary N) is 1. The maximum absolute atomic E-state index is 5.75. The van der Waals surface area contributed by atoms with Crippen molar-refractivity contribution in [3.8, 4) is 0 Å². The van der Waals surface area contributed by atoms with Crippen molar-refractivity contribution in [1.29, 1.82) is 0 Å². The summed E-state index contributed by atoms with van der Waals surface area (Å²) in [6.07, 6.45) is 2.46. The van der Waals surface area contributed by atoms with Gasteiger partial charge >= 0.3 is 0 Å². The Morgan fingerprint density at radius 2 is 1.86 bits per heavy atom. The van der Waals surface area contributed by atoms with Gasteiger partial charge in [-0.25, -0.2) is 0 Å². The number of fused-ring (bicyclic) bond motifs is 1. The molecule has 3 nitrogen and oxygen atoms in total. The number of benzene rings is 1. The van der Waals surface area contributed by atoms with Gasteiger partial charge in [-0.2, -0.15) is 0 Å². The molecule has 0 bridgehead atoms. The quantitative estimate of drug-likeness (QED) is 0.905. The van der Waals surface area contributed by atoms with Crippen LogP contribution in [0.4, 0.5) is 0 Å². The predicted molar refractivity (Wildman–Crippen MR) is 86.3 cm³/mol. The number of piperidine rings is 1. The van der Waals surface area contributed by atoms with E-state index in [1.807, 2.05) is 0 Å². The zero-order chi connectivity index (χ0) is 14.9. The van der Waals surface area contributed by atoms with Crippen LogP contribution in [0, 0.1) is 0 Å². The number of nitrogens with zero attached hydrogens (tertiary/aromatic N) is 1. The first-order chi connectivity index (χ1) is 10.0. The normalized spacial score (nSPS) is 24.8. The molecule has 1 fully saturated rings. The van der Waals surface area contributed by atoms with Crippen LogP contribution in [0.3, 0.4) is 0 Å². The smallest absolute Gasteiger partial charge is 0.0721 e. The van der Waals surface area contributed by atoms with E-state index in [0.717, 1.165) is 13.2 Å². The minimum Gasteiger partial charge on any atom is -0.375 e. The van der Waals surface area contributed by atoms with Gasteiger partial charge in [0.2, 0.25) is 0 Å². The van der Waals surface area contributed by atoms with E-state index in [2.05, 4.69) is 55.3 Å². The highest BCUT2D eigenvalue weighted by Gasteiger charge is 2.29. The molecule has 0 aliphatic carbocycles. The molecule has 0 radical (unpaired) electrons. The van der Waals surface area contributed by atoms with Crippen LogP contribution < -0.4 is 5.32 Å². The summed E-state index contributed by atoms with van der Waals surface area (Å²) in [4.78, 5) is 2.59. The van der Waals surface area contributed by atoms with Gasteiger partial charge in [0.1, 0.15) is 0 Å². The summed E-state index contributed by atoms with van der Waals surface area (Å²) in [7, 11) is 0. The molecule has 1 atom stereocenters. The Balaban J connectivity index is 1.59. The van der Waals surface area contributed by atoms with Crippen molar-refractivity contribution >= 4 is 0 Å². The lowest BCUT2D eigenvalue weighted by molar-refractivity contribution is 0.0626. The van der Waals surface area contributed by atoms with Gasteiger partial charge in [-0.3, -0.25) is 4.90 Å². The topological polar surface area (TPSA) is 24.5 Å². The highest BCUT2D eigenvalue weighted by molar-refractivity contribution is 5.31. The predicted octanol–water partition coefficient (Wildman–Crippen LogP) is 3.11. The molecule has 0 saturated carbocycles. The molecule has 3 heteroatoms. The molecule has 0 aromatic heterocycles. The number of rotatable bonds is 2. The molecule has 2 heterocycles. The van der Waals surface area contributed by atoms with Gasteiger partial charge in [-0.15, -0.1) is 0 Å². The second-order valence-corrected chi connectivity index (χ2v) is 7.37.